The van der Waals surface area contributed by atoms with Crippen LogP contribution in [0.25, 0.3) is 11.0 Å². The second-order valence-corrected chi connectivity index (χ2v) is 7.85. The Balaban J connectivity index is 1.94. The van der Waals surface area contributed by atoms with E-state index in [0.717, 1.165) is 0 Å². The van der Waals surface area contributed by atoms with E-state index in [2.05, 4.69) is 9.72 Å². The van der Waals surface area contributed by atoms with E-state index in [9.17, 15) is 13.2 Å². The Morgan fingerprint density at radius 1 is 1.20 bits per heavy atom. The molecule has 3 aromatic rings. The average Bonchev–Trinajstić information content (AvgIpc) is 2.91. The molecule has 1 heterocycles. The third-order valence-electron chi connectivity index (χ3n) is 3.81. The third-order valence-corrected chi connectivity index (χ3v) is 5.68. The number of hydrogen-bond donors (Lipinski definition) is 0. The van der Waals surface area contributed by atoms with Crippen molar-refractivity contribution in [2.24, 2.45) is 7.05 Å². The molecule has 0 atom stereocenters. The second kappa shape index (κ2) is 6.50. The van der Waals surface area contributed by atoms with Gasteiger partial charge in [0.2, 0.25) is 15.0 Å². The van der Waals surface area contributed by atoms with E-state index in [0.29, 0.717) is 27.2 Å². The molecule has 2 aromatic carbocycles. The zero-order chi connectivity index (χ0) is 18.2. The van der Waals surface area contributed by atoms with Gasteiger partial charge < -0.3 is 9.30 Å². The van der Waals surface area contributed by atoms with Crippen molar-refractivity contribution in [3.8, 4) is 0 Å². The van der Waals surface area contributed by atoms with Gasteiger partial charge in [-0.2, -0.15) is 0 Å². The summed E-state index contributed by atoms with van der Waals surface area (Å²) in [4.78, 5) is 15.7. The molecule has 0 N–H and O–H groups in total. The topological polar surface area (TPSA) is 78.3 Å². The van der Waals surface area contributed by atoms with Gasteiger partial charge >= 0.3 is 5.97 Å². The number of rotatable bonds is 4. The molecule has 0 fully saturated rings. The Morgan fingerprint density at radius 2 is 1.88 bits per heavy atom. The lowest BCUT2D eigenvalue weighted by molar-refractivity contribution is 0.0600. The van der Waals surface area contributed by atoms with Crippen molar-refractivity contribution in [3.05, 3.63) is 58.6 Å². The van der Waals surface area contributed by atoms with Crippen molar-refractivity contribution >= 4 is 38.4 Å². The molecule has 6 nitrogen and oxygen atoms in total. The van der Waals surface area contributed by atoms with Crippen LogP contribution in [0, 0.1) is 0 Å². The molecule has 0 saturated carbocycles. The fourth-order valence-electron chi connectivity index (χ4n) is 2.57. The number of carbonyl (C=O) groups is 1. The number of carbonyl (C=O) groups excluding carboxylic acids is 1. The maximum atomic E-state index is 12.7. The van der Waals surface area contributed by atoms with E-state index in [1.165, 1.54) is 23.8 Å². The van der Waals surface area contributed by atoms with Gasteiger partial charge in [0, 0.05) is 12.1 Å². The first-order valence-electron chi connectivity index (χ1n) is 7.34. The molecule has 0 amide bonds. The SMILES string of the molecule is COC(=O)c1ccc(CS(=O)(=O)c2nc3cc(Cl)ccc3n2C)cc1. The average molecular weight is 379 g/mol. The number of esters is 1. The normalized spacial score (nSPS) is 11.6. The fourth-order valence-corrected chi connectivity index (χ4v) is 4.25. The van der Waals surface area contributed by atoms with Gasteiger partial charge in [0.25, 0.3) is 0 Å². The molecular weight excluding hydrogens is 364 g/mol. The lowest BCUT2D eigenvalue weighted by atomic mass is 10.1. The van der Waals surface area contributed by atoms with Gasteiger partial charge in [-0.25, -0.2) is 18.2 Å². The van der Waals surface area contributed by atoms with Crippen LogP contribution in [0.15, 0.2) is 47.6 Å². The van der Waals surface area contributed by atoms with E-state index >= 15 is 0 Å². The van der Waals surface area contributed by atoms with Crippen LogP contribution in [-0.2, 0) is 27.4 Å². The van der Waals surface area contributed by atoms with Crippen LogP contribution < -0.4 is 0 Å². The van der Waals surface area contributed by atoms with Crippen molar-refractivity contribution in [2.75, 3.05) is 7.11 Å². The van der Waals surface area contributed by atoms with E-state index in [1.54, 1.807) is 37.4 Å². The highest BCUT2D eigenvalue weighted by Gasteiger charge is 2.23. The molecule has 0 aliphatic heterocycles. The number of halogens is 1. The van der Waals surface area contributed by atoms with E-state index < -0.39 is 15.8 Å². The standard InChI is InChI=1S/C17H15ClN2O4S/c1-20-15-8-7-13(18)9-14(15)19-17(20)25(22,23)10-11-3-5-12(6-4-11)16(21)24-2/h3-9H,10H2,1-2H3. The third kappa shape index (κ3) is 3.38. The highest BCUT2D eigenvalue weighted by molar-refractivity contribution is 7.90. The summed E-state index contributed by atoms with van der Waals surface area (Å²) in [7, 11) is -0.725. The second-order valence-electron chi connectivity index (χ2n) is 5.53. The van der Waals surface area contributed by atoms with Gasteiger partial charge in [-0.05, 0) is 35.9 Å². The van der Waals surface area contributed by atoms with Crippen molar-refractivity contribution in [1.82, 2.24) is 9.55 Å². The Labute approximate surface area is 149 Å². The largest absolute Gasteiger partial charge is 0.465 e. The summed E-state index contributed by atoms with van der Waals surface area (Å²) in [6, 6.07) is 11.3. The van der Waals surface area contributed by atoms with Crippen LogP contribution in [0.1, 0.15) is 15.9 Å². The first kappa shape index (κ1) is 17.4. The van der Waals surface area contributed by atoms with Crippen molar-refractivity contribution < 1.29 is 17.9 Å². The van der Waals surface area contributed by atoms with Crippen LogP contribution in [0.2, 0.25) is 5.02 Å². The molecule has 0 aliphatic rings. The lowest BCUT2D eigenvalue weighted by Gasteiger charge is -2.06. The highest BCUT2D eigenvalue weighted by atomic mass is 35.5. The van der Waals surface area contributed by atoms with Gasteiger partial charge in [0.1, 0.15) is 0 Å². The summed E-state index contributed by atoms with van der Waals surface area (Å²) >= 11 is 5.94. The van der Waals surface area contributed by atoms with E-state index in [-0.39, 0.29) is 10.9 Å². The molecule has 3 rings (SSSR count). The molecule has 0 bridgehead atoms. The maximum absolute atomic E-state index is 12.7. The molecule has 1 aromatic heterocycles. The van der Waals surface area contributed by atoms with Gasteiger partial charge in [0.15, 0.2) is 0 Å². The van der Waals surface area contributed by atoms with Gasteiger partial charge in [-0.3, -0.25) is 0 Å². The van der Waals surface area contributed by atoms with Gasteiger partial charge in [0.05, 0.1) is 29.5 Å². The first-order valence-corrected chi connectivity index (χ1v) is 9.37. The van der Waals surface area contributed by atoms with E-state index in [1.807, 2.05) is 0 Å². The predicted molar refractivity (Wildman–Crippen MR) is 94.4 cm³/mol. The van der Waals surface area contributed by atoms with Crippen LogP contribution >= 0.6 is 11.6 Å². The summed E-state index contributed by atoms with van der Waals surface area (Å²) in [6.45, 7) is 0. The molecule has 0 aliphatic carbocycles. The quantitative estimate of drug-likeness (QED) is 0.652. The van der Waals surface area contributed by atoms with Crippen LogP contribution in [-0.4, -0.2) is 31.0 Å². The number of aromatic nitrogens is 2. The van der Waals surface area contributed by atoms with Crippen molar-refractivity contribution in [1.29, 1.82) is 0 Å². The molecule has 0 saturated heterocycles. The Bertz CT molecular complexity index is 1060. The summed E-state index contributed by atoms with van der Waals surface area (Å²) in [5.74, 6) is -0.694. The minimum Gasteiger partial charge on any atom is -0.465 e. The van der Waals surface area contributed by atoms with Crippen LogP contribution in [0.5, 0.6) is 0 Å². The molecular formula is C17H15ClN2O4S. The number of nitrogens with zero attached hydrogens (tertiary/aromatic N) is 2. The predicted octanol–water partition coefficient (Wildman–Crippen LogP) is 2.99. The number of benzene rings is 2. The van der Waals surface area contributed by atoms with Gasteiger partial charge in [-0.1, -0.05) is 23.7 Å². The minimum absolute atomic E-state index is 0.0261. The van der Waals surface area contributed by atoms with Crippen molar-refractivity contribution in [2.45, 2.75) is 10.9 Å². The number of ether oxygens (including phenoxy) is 1. The summed E-state index contributed by atoms with van der Waals surface area (Å²) in [6.07, 6.45) is 0. The molecule has 0 unspecified atom stereocenters. The summed E-state index contributed by atoms with van der Waals surface area (Å²) < 4.78 is 31.6. The molecule has 8 heteroatoms. The Kier molecular flexibility index (Phi) is 4.53. The zero-order valence-electron chi connectivity index (χ0n) is 13.6. The fraction of sp³-hybridized carbons (Fsp3) is 0.176. The van der Waals surface area contributed by atoms with Crippen molar-refractivity contribution in [3.63, 3.8) is 0 Å². The maximum Gasteiger partial charge on any atom is 0.337 e. The number of imidazole rings is 1. The number of sulfone groups is 1. The first-order chi connectivity index (χ1) is 11.8. The monoisotopic (exact) mass is 378 g/mol. The number of aryl methyl sites for hydroxylation is 1. The van der Waals surface area contributed by atoms with E-state index in [4.69, 9.17) is 11.6 Å². The van der Waals surface area contributed by atoms with Crippen LogP contribution in [0.3, 0.4) is 0 Å². The summed E-state index contributed by atoms with van der Waals surface area (Å²) in [5.41, 5.74) is 2.12. The number of fused-ring (bicyclic) bond motifs is 1. The minimum atomic E-state index is -3.66. The molecule has 130 valence electrons. The molecule has 25 heavy (non-hydrogen) atoms. The summed E-state index contributed by atoms with van der Waals surface area (Å²) in [5, 5.41) is 0.467. The molecule has 0 radical (unpaired) electrons. The highest BCUT2D eigenvalue weighted by Crippen LogP contribution is 2.24. The zero-order valence-corrected chi connectivity index (χ0v) is 15.1. The lowest BCUT2D eigenvalue weighted by Crippen LogP contribution is -2.11. The smallest absolute Gasteiger partial charge is 0.337 e. The van der Waals surface area contributed by atoms with Gasteiger partial charge in [-0.15, -0.1) is 0 Å². The Hall–Kier alpha value is -2.38. The number of hydrogen-bond acceptors (Lipinski definition) is 5. The number of methoxy groups -OCH3 is 1. The Morgan fingerprint density at radius 3 is 2.52 bits per heavy atom. The molecule has 0 spiro atoms. The van der Waals surface area contributed by atoms with Crippen LogP contribution in [0.4, 0.5) is 0 Å².